The molecule has 3 aromatic heterocycles. The predicted molar refractivity (Wildman–Crippen MR) is 170 cm³/mol. The monoisotopic (exact) mass is 635 g/mol. The van der Waals surface area contributed by atoms with Crippen molar-refractivity contribution >= 4 is 40.0 Å². The summed E-state index contributed by atoms with van der Waals surface area (Å²) in [4.78, 5) is 46.3. The molecule has 2 aliphatic heterocycles. The Morgan fingerprint density at radius 1 is 1.16 bits per heavy atom. The normalized spacial score (nSPS) is 16.5. The highest BCUT2D eigenvalue weighted by atomic mass is 35.5. The van der Waals surface area contributed by atoms with Crippen LogP contribution < -0.4 is 15.5 Å². The van der Waals surface area contributed by atoms with Crippen molar-refractivity contribution in [3.05, 3.63) is 75.4 Å². The Morgan fingerprint density at radius 3 is 2.62 bits per heavy atom. The Morgan fingerprint density at radius 2 is 1.91 bits per heavy atom. The zero-order valence-electron chi connectivity index (χ0n) is 25.3. The second kappa shape index (κ2) is 11.4. The molecule has 234 valence electrons. The molecule has 1 unspecified atom stereocenters. The average molecular weight is 636 g/mol. The van der Waals surface area contributed by atoms with Crippen LogP contribution in [0.25, 0.3) is 28.0 Å². The summed E-state index contributed by atoms with van der Waals surface area (Å²) in [5, 5.41) is 11.1. The van der Waals surface area contributed by atoms with Crippen LogP contribution in [0.2, 0.25) is 5.02 Å². The first-order chi connectivity index (χ1) is 21.4. The van der Waals surface area contributed by atoms with Crippen LogP contribution in [0.3, 0.4) is 0 Å². The van der Waals surface area contributed by atoms with Gasteiger partial charge in [0.15, 0.2) is 17.3 Å². The fraction of sp³-hybridized carbons (Fsp3) is 0.344. The molecule has 4 aromatic rings. The standard InChI is InChI=1S/C32H32ClF2N7O3/c1-6-21(44)40-13-14-41-18(15-40)10-12-39(5)29-23-30(41)38-32(45)42(28-17(4)9-11-36-26(28)16(2)3)31(23)37-27(24(29)33)22-20(43)8-7-19(34)25(22)35/h6-9,11,16,18,43H,1,10,12-15H2,2-5H3. The maximum Gasteiger partial charge on any atom is 0.355 e. The van der Waals surface area contributed by atoms with Gasteiger partial charge in [-0.3, -0.25) is 9.78 Å². The lowest BCUT2D eigenvalue weighted by atomic mass is 10.0. The van der Waals surface area contributed by atoms with Crippen LogP contribution in [-0.2, 0) is 4.79 Å². The van der Waals surface area contributed by atoms with E-state index in [4.69, 9.17) is 16.6 Å². The number of amides is 1. The van der Waals surface area contributed by atoms with Crippen molar-refractivity contribution in [2.24, 2.45) is 0 Å². The zero-order valence-corrected chi connectivity index (χ0v) is 26.1. The Balaban J connectivity index is 1.76. The number of piperazine rings is 1. The molecule has 1 saturated heterocycles. The Hall–Kier alpha value is -4.58. The number of carbonyl (C=O) groups is 1. The SMILES string of the molecule is C=CC(=O)N1CCN2c3nc(=O)n(-c4c(C)ccnc4C(C)C)c4nc(-c5c(O)ccc(F)c5F)c(Cl)c(c34)N(C)CCC2C1. The summed E-state index contributed by atoms with van der Waals surface area (Å²) < 4.78 is 31.3. The molecule has 10 nitrogen and oxygen atoms in total. The van der Waals surface area contributed by atoms with Gasteiger partial charge in [0.2, 0.25) is 5.91 Å². The largest absolute Gasteiger partial charge is 0.507 e. The molecule has 0 radical (unpaired) electrons. The van der Waals surface area contributed by atoms with E-state index in [-0.39, 0.29) is 34.2 Å². The molecule has 6 rings (SSSR count). The van der Waals surface area contributed by atoms with Gasteiger partial charge >= 0.3 is 5.69 Å². The topological polar surface area (TPSA) is 108 Å². The fourth-order valence-corrected chi connectivity index (χ4v) is 6.72. The number of halogens is 3. The number of hydrogen-bond donors (Lipinski definition) is 1. The van der Waals surface area contributed by atoms with E-state index in [2.05, 4.69) is 16.5 Å². The van der Waals surface area contributed by atoms with Gasteiger partial charge in [0.25, 0.3) is 0 Å². The molecule has 13 heteroatoms. The van der Waals surface area contributed by atoms with Gasteiger partial charge in [0.05, 0.1) is 33.0 Å². The van der Waals surface area contributed by atoms with E-state index >= 15 is 4.39 Å². The smallest absolute Gasteiger partial charge is 0.355 e. The van der Waals surface area contributed by atoms with E-state index in [1.165, 1.54) is 10.6 Å². The number of aryl methyl sites for hydroxylation is 1. The first kappa shape index (κ1) is 30.4. The summed E-state index contributed by atoms with van der Waals surface area (Å²) in [5.41, 5.74) is 0.893. The molecule has 1 N–H and O–H groups in total. The van der Waals surface area contributed by atoms with Crippen molar-refractivity contribution in [2.45, 2.75) is 39.2 Å². The molecule has 2 aliphatic rings. The van der Waals surface area contributed by atoms with Gasteiger partial charge in [0, 0.05) is 45.5 Å². The van der Waals surface area contributed by atoms with Crippen LogP contribution >= 0.6 is 11.6 Å². The lowest BCUT2D eigenvalue weighted by Crippen LogP contribution is -2.56. The van der Waals surface area contributed by atoms with Gasteiger partial charge in [-0.1, -0.05) is 32.0 Å². The number of aromatic hydroxyl groups is 1. The Bertz CT molecular complexity index is 1950. The second-order valence-electron chi connectivity index (χ2n) is 11.7. The number of rotatable bonds is 4. The highest BCUT2D eigenvalue weighted by Gasteiger charge is 2.37. The first-order valence-electron chi connectivity index (χ1n) is 14.6. The van der Waals surface area contributed by atoms with Crippen molar-refractivity contribution < 1.29 is 18.7 Å². The van der Waals surface area contributed by atoms with E-state index in [0.29, 0.717) is 60.9 Å². The summed E-state index contributed by atoms with van der Waals surface area (Å²) >= 11 is 7.04. The van der Waals surface area contributed by atoms with Gasteiger partial charge in [-0.15, -0.1) is 0 Å². The van der Waals surface area contributed by atoms with Gasteiger partial charge in [-0.05, 0) is 49.1 Å². The summed E-state index contributed by atoms with van der Waals surface area (Å²) in [6, 6.07) is 3.42. The molecule has 0 saturated carbocycles. The second-order valence-corrected chi connectivity index (χ2v) is 12.1. The van der Waals surface area contributed by atoms with Crippen molar-refractivity contribution in [2.75, 3.05) is 43.0 Å². The van der Waals surface area contributed by atoms with Crippen LogP contribution in [-0.4, -0.2) is 74.7 Å². The number of aromatic nitrogens is 4. The number of benzene rings is 1. The maximum atomic E-state index is 15.4. The van der Waals surface area contributed by atoms with Crippen molar-refractivity contribution in [1.29, 1.82) is 0 Å². The number of fused-ring (bicyclic) bond motifs is 2. The van der Waals surface area contributed by atoms with Crippen LogP contribution in [0.1, 0.15) is 37.4 Å². The Kier molecular flexibility index (Phi) is 7.72. The van der Waals surface area contributed by atoms with Crippen LogP contribution in [0, 0.1) is 18.6 Å². The summed E-state index contributed by atoms with van der Waals surface area (Å²) in [7, 11) is 1.80. The van der Waals surface area contributed by atoms with E-state index in [1.54, 1.807) is 24.2 Å². The molecule has 5 heterocycles. The summed E-state index contributed by atoms with van der Waals surface area (Å²) in [6.07, 6.45) is 3.51. The predicted octanol–water partition coefficient (Wildman–Crippen LogP) is 4.95. The van der Waals surface area contributed by atoms with Crippen LogP contribution in [0.5, 0.6) is 5.75 Å². The highest BCUT2D eigenvalue weighted by molar-refractivity contribution is 6.38. The maximum absolute atomic E-state index is 15.4. The molecule has 0 spiro atoms. The van der Waals surface area contributed by atoms with E-state index < -0.39 is 28.6 Å². The Labute approximate surface area is 263 Å². The summed E-state index contributed by atoms with van der Waals surface area (Å²) in [6.45, 7) is 10.9. The molecule has 1 fully saturated rings. The number of phenols is 1. The van der Waals surface area contributed by atoms with Crippen LogP contribution in [0.4, 0.5) is 20.3 Å². The minimum absolute atomic E-state index is 0.0380. The van der Waals surface area contributed by atoms with Gasteiger partial charge in [0.1, 0.15) is 17.3 Å². The molecule has 1 atom stereocenters. The number of phenolic OH excluding ortho intramolecular Hbond substituents is 1. The first-order valence-corrected chi connectivity index (χ1v) is 15.0. The third kappa shape index (κ3) is 4.87. The van der Waals surface area contributed by atoms with E-state index in [1.807, 2.05) is 30.6 Å². The lowest BCUT2D eigenvalue weighted by Gasteiger charge is -2.44. The molecule has 0 bridgehead atoms. The minimum Gasteiger partial charge on any atom is -0.507 e. The lowest BCUT2D eigenvalue weighted by molar-refractivity contribution is -0.126. The number of nitrogens with zero attached hydrogens (tertiary/aromatic N) is 7. The summed E-state index contributed by atoms with van der Waals surface area (Å²) in [5.74, 6) is -3.03. The molecule has 45 heavy (non-hydrogen) atoms. The molecule has 1 amide bonds. The quantitative estimate of drug-likeness (QED) is 0.314. The highest BCUT2D eigenvalue weighted by Crippen LogP contribution is 2.47. The van der Waals surface area contributed by atoms with Crippen molar-refractivity contribution in [3.63, 3.8) is 0 Å². The van der Waals surface area contributed by atoms with Crippen molar-refractivity contribution in [3.8, 4) is 22.7 Å². The third-order valence-corrected chi connectivity index (χ3v) is 8.94. The van der Waals surface area contributed by atoms with Crippen molar-refractivity contribution in [1.82, 2.24) is 24.4 Å². The molecular weight excluding hydrogens is 604 g/mol. The number of anilines is 2. The number of hydrogen-bond acceptors (Lipinski definition) is 8. The molecular formula is C32H32ClF2N7O3. The average Bonchev–Trinajstić information content (AvgIpc) is 3.01. The zero-order chi connectivity index (χ0) is 32.3. The molecule has 1 aromatic carbocycles. The van der Waals surface area contributed by atoms with Gasteiger partial charge in [-0.2, -0.15) is 4.98 Å². The molecule has 0 aliphatic carbocycles. The van der Waals surface area contributed by atoms with Crippen LogP contribution in [0.15, 0.2) is 41.8 Å². The van der Waals surface area contributed by atoms with E-state index in [9.17, 15) is 19.1 Å². The third-order valence-electron chi connectivity index (χ3n) is 8.58. The van der Waals surface area contributed by atoms with Gasteiger partial charge < -0.3 is 19.8 Å². The minimum atomic E-state index is -1.32. The fourth-order valence-electron chi connectivity index (χ4n) is 6.34. The number of carbonyl (C=O) groups excluding carboxylic acids is 1. The van der Waals surface area contributed by atoms with E-state index in [0.717, 1.165) is 17.7 Å². The van der Waals surface area contributed by atoms with Gasteiger partial charge in [-0.25, -0.2) is 23.1 Å². The number of pyridine rings is 2.